The largest absolute Gasteiger partial charge is 0.494 e. The SMILES string of the molecule is Cc1cc(OCCCC(=O)OCC(=O)Nc2ccc(C)c(S(=O)(=O)N(C)C)c2)ccc1Cl. The molecule has 0 aromatic heterocycles. The fourth-order valence-corrected chi connectivity index (χ4v) is 3.94. The number of benzene rings is 2. The van der Waals surface area contributed by atoms with Crippen LogP contribution in [0, 0.1) is 13.8 Å². The monoisotopic (exact) mass is 482 g/mol. The summed E-state index contributed by atoms with van der Waals surface area (Å²) >= 11 is 5.96. The molecule has 0 saturated carbocycles. The molecule has 0 aliphatic heterocycles. The van der Waals surface area contributed by atoms with Crippen molar-refractivity contribution >= 4 is 39.2 Å². The molecule has 0 atom stereocenters. The highest BCUT2D eigenvalue weighted by Crippen LogP contribution is 2.23. The smallest absolute Gasteiger partial charge is 0.306 e. The van der Waals surface area contributed by atoms with Gasteiger partial charge in [0.1, 0.15) is 5.75 Å². The maximum atomic E-state index is 12.4. The van der Waals surface area contributed by atoms with Crippen LogP contribution in [0.15, 0.2) is 41.3 Å². The lowest BCUT2D eigenvalue weighted by molar-refractivity contribution is -0.147. The van der Waals surface area contributed by atoms with E-state index in [1.165, 1.54) is 20.2 Å². The highest BCUT2D eigenvalue weighted by atomic mass is 35.5. The van der Waals surface area contributed by atoms with Crippen molar-refractivity contribution in [3.8, 4) is 5.75 Å². The number of halogens is 1. The first kappa shape index (κ1) is 25.6. The molecule has 2 aromatic carbocycles. The first-order valence-electron chi connectivity index (χ1n) is 9.88. The fourth-order valence-electron chi connectivity index (χ4n) is 2.68. The summed E-state index contributed by atoms with van der Waals surface area (Å²) in [5.41, 5.74) is 1.75. The summed E-state index contributed by atoms with van der Waals surface area (Å²) in [6.07, 6.45) is 0.515. The van der Waals surface area contributed by atoms with Gasteiger partial charge in [0.25, 0.3) is 5.91 Å². The molecule has 0 unspecified atom stereocenters. The number of anilines is 1. The van der Waals surface area contributed by atoms with Gasteiger partial charge in [0.15, 0.2) is 6.61 Å². The molecule has 174 valence electrons. The Morgan fingerprint density at radius 3 is 2.44 bits per heavy atom. The summed E-state index contributed by atoms with van der Waals surface area (Å²) in [6.45, 7) is 3.38. The molecular formula is C22H27ClN2O6S. The van der Waals surface area contributed by atoms with Gasteiger partial charge in [-0.2, -0.15) is 0 Å². The second-order valence-electron chi connectivity index (χ2n) is 7.34. The molecule has 1 amide bonds. The van der Waals surface area contributed by atoms with Crippen LogP contribution in [0.4, 0.5) is 5.69 Å². The van der Waals surface area contributed by atoms with E-state index >= 15 is 0 Å². The third-order valence-electron chi connectivity index (χ3n) is 4.52. The van der Waals surface area contributed by atoms with Gasteiger partial charge >= 0.3 is 5.97 Å². The Morgan fingerprint density at radius 2 is 1.78 bits per heavy atom. The quantitative estimate of drug-likeness (QED) is 0.410. The van der Waals surface area contributed by atoms with Crippen molar-refractivity contribution in [1.82, 2.24) is 4.31 Å². The molecule has 1 N–H and O–H groups in total. The maximum absolute atomic E-state index is 12.4. The van der Waals surface area contributed by atoms with Crippen LogP contribution in [0.2, 0.25) is 5.02 Å². The van der Waals surface area contributed by atoms with Crippen LogP contribution in [-0.4, -0.2) is 51.9 Å². The van der Waals surface area contributed by atoms with Crippen LogP contribution in [-0.2, 0) is 24.3 Å². The van der Waals surface area contributed by atoms with Crippen molar-refractivity contribution in [2.45, 2.75) is 31.6 Å². The van der Waals surface area contributed by atoms with Gasteiger partial charge in [0.2, 0.25) is 10.0 Å². The number of nitrogens with zero attached hydrogens (tertiary/aromatic N) is 1. The van der Waals surface area contributed by atoms with E-state index in [0.717, 1.165) is 9.87 Å². The Bertz CT molecular complexity index is 1090. The molecule has 10 heteroatoms. The second-order valence-corrected chi connectivity index (χ2v) is 9.87. The number of aryl methyl sites for hydroxylation is 2. The molecule has 0 radical (unpaired) electrons. The van der Waals surface area contributed by atoms with E-state index in [4.69, 9.17) is 21.1 Å². The minimum atomic E-state index is -3.65. The van der Waals surface area contributed by atoms with Crippen molar-refractivity contribution < 1.29 is 27.5 Å². The Morgan fingerprint density at radius 1 is 1.06 bits per heavy atom. The predicted octanol–water partition coefficient (Wildman–Crippen LogP) is 3.55. The van der Waals surface area contributed by atoms with E-state index in [2.05, 4.69) is 5.32 Å². The summed E-state index contributed by atoms with van der Waals surface area (Å²) < 4.78 is 36.4. The maximum Gasteiger partial charge on any atom is 0.306 e. The Labute approximate surface area is 193 Å². The van der Waals surface area contributed by atoms with Crippen LogP contribution in [0.1, 0.15) is 24.0 Å². The zero-order chi connectivity index (χ0) is 23.9. The molecule has 0 aliphatic rings. The predicted molar refractivity (Wildman–Crippen MR) is 123 cm³/mol. The summed E-state index contributed by atoms with van der Waals surface area (Å²) in [5, 5.41) is 3.19. The van der Waals surface area contributed by atoms with Crippen molar-refractivity contribution in [2.75, 3.05) is 32.6 Å². The number of ether oxygens (including phenoxy) is 2. The molecular weight excluding hydrogens is 456 g/mol. The van der Waals surface area contributed by atoms with E-state index in [-0.39, 0.29) is 11.3 Å². The van der Waals surface area contributed by atoms with Crippen molar-refractivity contribution in [2.24, 2.45) is 0 Å². The van der Waals surface area contributed by atoms with Gasteiger partial charge in [0, 0.05) is 31.2 Å². The molecule has 8 nitrogen and oxygen atoms in total. The third kappa shape index (κ3) is 7.22. The van der Waals surface area contributed by atoms with Gasteiger partial charge in [-0.25, -0.2) is 12.7 Å². The summed E-state index contributed by atoms with van der Waals surface area (Å²) in [4.78, 5) is 24.0. The average Bonchev–Trinajstić information content (AvgIpc) is 2.73. The van der Waals surface area contributed by atoms with Crippen molar-refractivity contribution in [3.05, 3.63) is 52.5 Å². The van der Waals surface area contributed by atoms with E-state index in [9.17, 15) is 18.0 Å². The molecule has 0 aliphatic carbocycles. The Kier molecular flexibility index (Phi) is 9.06. The number of rotatable bonds is 10. The lowest BCUT2D eigenvalue weighted by Gasteiger charge is -2.15. The summed E-state index contributed by atoms with van der Waals surface area (Å²) in [6, 6.07) is 9.86. The minimum absolute atomic E-state index is 0.0909. The molecule has 0 spiro atoms. The summed E-state index contributed by atoms with van der Waals surface area (Å²) in [5.74, 6) is -0.437. The minimum Gasteiger partial charge on any atom is -0.494 e. The van der Waals surface area contributed by atoms with E-state index < -0.39 is 28.5 Å². The molecule has 32 heavy (non-hydrogen) atoms. The van der Waals surface area contributed by atoms with E-state index in [0.29, 0.717) is 35.1 Å². The lowest BCUT2D eigenvalue weighted by Crippen LogP contribution is -2.24. The first-order chi connectivity index (χ1) is 15.0. The van der Waals surface area contributed by atoms with Gasteiger partial charge in [-0.15, -0.1) is 0 Å². The van der Waals surface area contributed by atoms with Gasteiger partial charge in [-0.3, -0.25) is 9.59 Å². The lowest BCUT2D eigenvalue weighted by atomic mass is 10.2. The number of carbonyl (C=O) groups is 2. The average molecular weight is 483 g/mol. The highest BCUT2D eigenvalue weighted by Gasteiger charge is 2.20. The first-order valence-corrected chi connectivity index (χ1v) is 11.7. The third-order valence-corrected chi connectivity index (χ3v) is 6.90. The van der Waals surface area contributed by atoms with Crippen LogP contribution in [0.25, 0.3) is 0 Å². The molecule has 0 fully saturated rings. The zero-order valence-corrected chi connectivity index (χ0v) is 20.0. The van der Waals surface area contributed by atoms with Crippen LogP contribution in [0.5, 0.6) is 5.75 Å². The topological polar surface area (TPSA) is 102 Å². The Balaban J connectivity index is 1.78. The van der Waals surface area contributed by atoms with Gasteiger partial charge < -0.3 is 14.8 Å². The van der Waals surface area contributed by atoms with Crippen LogP contribution >= 0.6 is 11.6 Å². The number of esters is 1. The van der Waals surface area contributed by atoms with Gasteiger partial charge in [0.05, 0.1) is 11.5 Å². The van der Waals surface area contributed by atoms with Crippen LogP contribution in [0.3, 0.4) is 0 Å². The van der Waals surface area contributed by atoms with Crippen LogP contribution < -0.4 is 10.1 Å². The van der Waals surface area contributed by atoms with Gasteiger partial charge in [-0.05, 0) is 61.7 Å². The normalized spacial score (nSPS) is 11.3. The number of nitrogens with one attached hydrogen (secondary N) is 1. The molecule has 2 aromatic rings. The number of amides is 1. The molecule has 2 rings (SSSR count). The Hall–Kier alpha value is -2.62. The van der Waals surface area contributed by atoms with E-state index in [1.807, 2.05) is 13.0 Å². The fraction of sp³-hybridized carbons (Fsp3) is 0.364. The van der Waals surface area contributed by atoms with Crippen molar-refractivity contribution in [1.29, 1.82) is 0 Å². The highest BCUT2D eigenvalue weighted by molar-refractivity contribution is 7.89. The number of carbonyl (C=O) groups excluding carboxylic acids is 2. The van der Waals surface area contributed by atoms with Gasteiger partial charge in [-0.1, -0.05) is 17.7 Å². The van der Waals surface area contributed by atoms with E-state index in [1.54, 1.807) is 31.2 Å². The molecule has 0 bridgehead atoms. The molecule has 0 heterocycles. The second kappa shape index (κ2) is 11.3. The zero-order valence-electron chi connectivity index (χ0n) is 18.5. The standard InChI is InChI=1S/C22H27ClN2O6S/c1-15-7-8-17(13-20(15)32(28,29)25(3)4)24-21(26)14-31-22(27)6-5-11-30-18-9-10-19(23)16(2)12-18/h7-10,12-13H,5-6,11,14H2,1-4H3,(H,24,26). The van der Waals surface area contributed by atoms with Crippen molar-refractivity contribution in [3.63, 3.8) is 0 Å². The molecule has 0 saturated heterocycles. The summed E-state index contributed by atoms with van der Waals surface area (Å²) in [7, 11) is -0.788. The number of hydrogen-bond acceptors (Lipinski definition) is 6. The number of hydrogen-bond donors (Lipinski definition) is 1. The number of sulfonamides is 1.